The van der Waals surface area contributed by atoms with Gasteiger partial charge in [-0.3, -0.25) is 0 Å². The third kappa shape index (κ3) is 2.88. The number of para-hydroxylation sites is 1. The minimum Gasteiger partial charge on any atom is -0.493 e. The maximum absolute atomic E-state index is 5.54. The highest BCUT2D eigenvalue weighted by molar-refractivity contribution is 5.66. The Balaban J connectivity index is 1.74. The molecule has 2 aliphatic rings. The first-order chi connectivity index (χ1) is 13.6. The fraction of sp³-hybridized carbons (Fsp3) is 0.440. The maximum Gasteiger partial charge on any atom is 0.161 e. The van der Waals surface area contributed by atoms with Gasteiger partial charge in [-0.05, 0) is 60.9 Å². The summed E-state index contributed by atoms with van der Waals surface area (Å²) in [5.74, 6) is 2.25. The monoisotopic (exact) mass is 377 g/mol. The molecule has 1 saturated carbocycles. The molecule has 3 atom stereocenters. The molecule has 1 aliphatic carbocycles. The highest BCUT2D eigenvalue weighted by Crippen LogP contribution is 2.58. The summed E-state index contributed by atoms with van der Waals surface area (Å²) in [4.78, 5) is 2.65. The van der Waals surface area contributed by atoms with Gasteiger partial charge in [-0.2, -0.15) is 0 Å². The van der Waals surface area contributed by atoms with Gasteiger partial charge in [-0.15, -0.1) is 6.58 Å². The zero-order valence-electron chi connectivity index (χ0n) is 17.3. The third-order valence-electron chi connectivity index (χ3n) is 6.83. The van der Waals surface area contributed by atoms with Crippen LogP contribution in [0.25, 0.3) is 0 Å². The summed E-state index contributed by atoms with van der Waals surface area (Å²) in [5.41, 5.74) is 4.44. The lowest BCUT2D eigenvalue weighted by Crippen LogP contribution is -2.43. The first-order valence-electron chi connectivity index (χ1n) is 10.3. The molecule has 2 aromatic carbocycles. The van der Waals surface area contributed by atoms with Crippen molar-refractivity contribution in [2.24, 2.45) is 5.92 Å². The van der Waals surface area contributed by atoms with Crippen molar-refractivity contribution in [3.8, 4) is 11.5 Å². The van der Waals surface area contributed by atoms with Crippen LogP contribution in [0, 0.1) is 5.92 Å². The zero-order chi connectivity index (χ0) is 19.7. The molecule has 1 heterocycles. The van der Waals surface area contributed by atoms with E-state index in [1.807, 2.05) is 6.07 Å². The zero-order valence-corrected chi connectivity index (χ0v) is 17.3. The van der Waals surface area contributed by atoms with E-state index in [0.717, 1.165) is 24.5 Å². The van der Waals surface area contributed by atoms with Crippen LogP contribution in [-0.4, -0.2) is 20.3 Å². The molecule has 0 saturated heterocycles. The predicted molar refractivity (Wildman–Crippen MR) is 115 cm³/mol. The molecular weight excluding hydrogens is 346 g/mol. The van der Waals surface area contributed by atoms with E-state index in [1.54, 1.807) is 14.2 Å². The molecule has 0 aromatic heterocycles. The highest BCUT2D eigenvalue weighted by Gasteiger charge is 2.55. The van der Waals surface area contributed by atoms with Crippen LogP contribution in [0.5, 0.6) is 11.5 Å². The number of rotatable bonds is 7. The topological polar surface area (TPSA) is 21.7 Å². The van der Waals surface area contributed by atoms with Gasteiger partial charge in [-0.25, -0.2) is 0 Å². The molecule has 1 fully saturated rings. The first kappa shape index (κ1) is 18.9. The minimum absolute atomic E-state index is 0.251. The quantitative estimate of drug-likeness (QED) is 0.576. The summed E-state index contributed by atoms with van der Waals surface area (Å²) < 4.78 is 11.0. The van der Waals surface area contributed by atoms with Crippen LogP contribution in [0.3, 0.4) is 0 Å². The van der Waals surface area contributed by atoms with Crippen molar-refractivity contribution in [1.29, 1.82) is 0 Å². The van der Waals surface area contributed by atoms with Gasteiger partial charge in [0.25, 0.3) is 0 Å². The van der Waals surface area contributed by atoms with E-state index < -0.39 is 0 Å². The molecule has 28 heavy (non-hydrogen) atoms. The van der Waals surface area contributed by atoms with Crippen molar-refractivity contribution in [1.82, 2.24) is 0 Å². The van der Waals surface area contributed by atoms with Crippen molar-refractivity contribution in [2.45, 2.75) is 50.6 Å². The molecule has 3 heteroatoms. The van der Waals surface area contributed by atoms with Crippen LogP contribution in [-0.2, 0) is 12.0 Å². The fourth-order valence-corrected chi connectivity index (χ4v) is 5.66. The molecule has 0 bridgehead atoms. The number of ether oxygens (including phenoxy) is 2. The molecule has 0 radical (unpaired) electrons. The Kier molecular flexibility index (Phi) is 5.09. The number of nitrogens with zero attached hydrogens (tertiary/aromatic N) is 1. The van der Waals surface area contributed by atoms with Gasteiger partial charge in [-0.1, -0.05) is 37.3 Å². The fourth-order valence-electron chi connectivity index (χ4n) is 5.66. The van der Waals surface area contributed by atoms with Crippen LogP contribution >= 0.6 is 0 Å². The van der Waals surface area contributed by atoms with Crippen LogP contribution in [0.1, 0.15) is 43.7 Å². The Morgan fingerprint density at radius 3 is 2.68 bits per heavy atom. The summed E-state index contributed by atoms with van der Waals surface area (Å²) in [7, 11) is 3.38. The van der Waals surface area contributed by atoms with Crippen LogP contribution in [0.4, 0.5) is 5.69 Å². The standard InChI is InChI=1S/C25H31NO2/c1-5-6-14-25-15-13-18(2)24(25)26(21-10-8-7-9-20(21)25)17-19-11-12-22(27-3)23(16-19)28-4/h5,7-12,16,18,24H,1,6,13-15,17H2,2-4H3/t18-,24-,25-/m1/s1. The lowest BCUT2D eigenvalue weighted by Gasteiger charge is -2.36. The number of hydrogen-bond acceptors (Lipinski definition) is 3. The smallest absolute Gasteiger partial charge is 0.161 e. The SMILES string of the molecule is C=CCC[C@]12CC[C@@H](C)[C@H]1N(Cc1ccc(OC)c(OC)c1)c1ccccc12. The van der Waals surface area contributed by atoms with Gasteiger partial charge in [0.15, 0.2) is 11.5 Å². The first-order valence-corrected chi connectivity index (χ1v) is 10.3. The van der Waals surface area contributed by atoms with Crippen LogP contribution < -0.4 is 14.4 Å². The van der Waals surface area contributed by atoms with E-state index in [1.165, 1.54) is 36.1 Å². The largest absolute Gasteiger partial charge is 0.493 e. The van der Waals surface area contributed by atoms with Gasteiger partial charge < -0.3 is 14.4 Å². The second-order valence-electron chi connectivity index (χ2n) is 8.28. The van der Waals surface area contributed by atoms with Gasteiger partial charge in [0.1, 0.15) is 0 Å². The van der Waals surface area contributed by atoms with Gasteiger partial charge in [0, 0.05) is 23.7 Å². The minimum atomic E-state index is 0.251. The molecule has 0 N–H and O–H groups in total. The number of benzene rings is 2. The molecular formula is C25H31NO2. The van der Waals surface area contributed by atoms with Gasteiger partial charge in [0.2, 0.25) is 0 Å². The average Bonchev–Trinajstić information content (AvgIpc) is 3.20. The number of allylic oxidation sites excluding steroid dienone is 1. The molecule has 0 spiro atoms. The molecule has 0 unspecified atom stereocenters. The van der Waals surface area contributed by atoms with Crippen LogP contribution in [0.15, 0.2) is 55.1 Å². The van der Waals surface area contributed by atoms with E-state index in [-0.39, 0.29) is 5.41 Å². The van der Waals surface area contributed by atoms with Gasteiger partial charge >= 0.3 is 0 Å². The maximum atomic E-state index is 5.54. The van der Waals surface area contributed by atoms with Gasteiger partial charge in [0.05, 0.1) is 14.2 Å². The van der Waals surface area contributed by atoms with E-state index in [9.17, 15) is 0 Å². The van der Waals surface area contributed by atoms with Crippen LogP contribution in [0.2, 0.25) is 0 Å². The Morgan fingerprint density at radius 2 is 1.93 bits per heavy atom. The summed E-state index contributed by atoms with van der Waals surface area (Å²) in [6.07, 6.45) is 6.89. The second-order valence-corrected chi connectivity index (χ2v) is 8.28. The lowest BCUT2D eigenvalue weighted by molar-refractivity contribution is 0.343. The Labute approximate surface area is 169 Å². The Bertz CT molecular complexity index is 861. The molecule has 148 valence electrons. The van der Waals surface area contributed by atoms with E-state index in [2.05, 4.69) is 60.9 Å². The summed E-state index contributed by atoms with van der Waals surface area (Å²) >= 11 is 0. The van der Waals surface area contributed by atoms with Crippen molar-refractivity contribution >= 4 is 5.69 Å². The van der Waals surface area contributed by atoms with Crippen molar-refractivity contribution in [3.63, 3.8) is 0 Å². The molecule has 3 nitrogen and oxygen atoms in total. The number of fused-ring (bicyclic) bond motifs is 3. The summed E-state index contributed by atoms with van der Waals surface area (Å²) in [5, 5.41) is 0. The average molecular weight is 378 g/mol. The van der Waals surface area contributed by atoms with Crippen molar-refractivity contribution in [3.05, 3.63) is 66.2 Å². The Morgan fingerprint density at radius 1 is 1.14 bits per heavy atom. The molecule has 4 rings (SSSR count). The molecule has 0 amide bonds. The number of methoxy groups -OCH3 is 2. The Hall–Kier alpha value is -2.42. The van der Waals surface area contributed by atoms with E-state index >= 15 is 0 Å². The normalized spacial score (nSPS) is 25.3. The predicted octanol–water partition coefficient (Wildman–Crippen LogP) is 5.73. The lowest BCUT2D eigenvalue weighted by atomic mass is 9.73. The summed E-state index contributed by atoms with van der Waals surface area (Å²) in [6.45, 7) is 7.31. The van der Waals surface area contributed by atoms with E-state index in [0.29, 0.717) is 12.0 Å². The molecule has 1 aliphatic heterocycles. The highest BCUT2D eigenvalue weighted by atomic mass is 16.5. The molecule has 2 aromatic rings. The summed E-state index contributed by atoms with van der Waals surface area (Å²) in [6, 6.07) is 15.9. The van der Waals surface area contributed by atoms with E-state index in [4.69, 9.17) is 9.47 Å². The van der Waals surface area contributed by atoms with Crippen molar-refractivity contribution < 1.29 is 9.47 Å². The van der Waals surface area contributed by atoms with Crippen molar-refractivity contribution in [2.75, 3.05) is 19.1 Å². The second kappa shape index (κ2) is 7.54. The number of hydrogen-bond donors (Lipinski definition) is 0. The number of anilines is 1. The third-order valence-corrected chi connectivity index (χ3v) is 6.83.